The van der Waals surface area contributed by atoms with Crippen molar-refractivity contribution in [2.45, 2.75) is 7.43 Å². The van der Waals surface area contributed by atoms with Crippen molar-refractivity contribution in [3.05, 3.63) is 0 Å². The Bertz CT molecular complexity index is 58.6. The van der Waals surface area contributed by atoms with Gasteiger partial charge in [-0.2, -0.15) is 0 Å². The lowest BCUT2D eigenvalue weighted by molar-refractivity contribution is 0.109. The fourth-order valence-corrected chi connectivity index (χ4v) is 1.03. The number of ether oxygens (including phenoxy) is 2. The Morgan fingerprint density at radius 1 is 0.615 bits per heavy atom. The fourth-order valence-electron chi connectivity index (χ4n) is 1.03. The van der Waals surface area contributed by atoms with Crippen LogP contribution < -0.4 is 10.6 Å². The number of hydrogen-bond donors (Lipinski definition) is 2. The first-order valence-corrected chi connectivity index (χ1v) is 4.57. The van der Waals surface area contributed by atoms with Crippen molar-refractivity contribution in [3.63, 3.8) is 0 Å². The van der Waals surface area contributed by atoms with Crippen molar-refractivity contribution in [2.75, 3.05) is 52.6 Å². The van der Waals surface area contributed by atoms with E-state index in [4.69, 9.17) is 9.47 Å². The van der Waals surface area contributed by atoms with Gasteiger partial charge in [-0.25, -0.2) is 0 Å². The lowest BCUT2D eigenvalue weighted by atomic mass is 10.5. The van der Waals surface area contributed by atoms with Crippen LogP contribution in [0.15, 0.2) is 0 Å². The van der Waals surface area contributed by atoms with Gasteiger partial charge in [0.15, 0.2) is 0 Å². The number of hydrogen-bond acceptors (Lipinski definition) is 4. The van der Waals surface area contributed by atoms with Gasteiger partial charge in [0.1, 0.15) is 0 Å². The second-order valence-corrected chi connectivity index (χ2v) is 2.72. The molecule has 2 aliphatic rings. The second kappa shape index (κ2) is 9.92. The molecule has 0 radical (unpaired) electrons. The third-order valence-corrected chi connectivity index (χ3v) is 1.69. The van der Waals surface area contributed by atoms with E-state index in [2.05, 4.69) is 10.6 Å². The highest BCUT2D eigenvalue weighted by Crippen LogP contribution is 1.77. The van der Waals surface area contributed by atoms with E-state index in [-0.39, 0.29) is 7.43 Å². The molecule has 0 aromatic heterocycles. The highest BCUT2D eigenvalue weighted by Gasteiger charge is 1.93. The third kappa shape index (κ3) is 8.18. The predicted octanol–water partition coefficient (Wildman–Crippen LogP) is -0.151. The average molecular weight is 190 g/mol. The highest BCUT2D eigenvalue weighted by molar-refractivity contribution is 4.50. The van der Waals surface area contributed by atoms with Crippen LogP contribution in [0, 0.1) is 0 Å². The van der Waals surface area contributed by atoms with Gasteiger partial charge in [0.2, 0.25) is 0 Å². The van der Waals surface area contributed by atoms with Crippen molar-refractivity contribution >= 4 is 0 Å². The SMILES string of the molecule is C.C1COCCN1.C1COCCN1. The van der Waals surface area contributed by atoms with Crippen LogP contribution in [-0.4, -0.2) is 52.6 Å². The first-order valence-electron chi connectivity index (χ1n) is 4.57. The van der Waals surface area contributed by atoms with Gasteiger partial charge in [0.25, 0.3) is 0 Å². The standard InChI is InChI=1S/2C4H9NO.CH4/c2*1-3-6-4-2-5-1;/h2*5H,1-4H2;1H4. The molecular weight excluding hydrogens is 168 g/mol. The maximum absolute atomic E-state index is 5.01. The summed E-state index contributed by atoms with van der Waals surface area (Å²) in [5.41, 5.74) is 0. The maximum Gasteiger partial charge on any atom is 0.0591 e. The quantitative estimate of drug-likeness (QED) is 0.557. The van der Waals surface area contributed by atoms with Gasteiger partial charge in [-0.3, -0.25) is 0 Å². The molecule has 2 N–H and O–H groups in total. The monoisotopic (exact) mass is 190 g/mol. The summed E-state index contributed by atoms with van der Waals surface area (Å²) in [5, 5.41) is 6.32. The summed E-state index contributed by atoms with van der Waals surface area (Å²) >= 11 is 0. The van der Waals surface area contributed by atoms with Gasteiger partial charge in [0.05, 0.1) is 26.4 Å². The maximum atomic E-state index is 5.01. The van der Waals surface area contributed by atoms with E-state index in [0.717, 1.165) is 52.6 Å². The number of rotatable bonds is 0. The van der Waals surface area contributed by atoms with E-state index in [1.54, 1.807) is 0 Å². The molecule has 0 unspecified atom stereocenters. The van der Waals surface area contributed by atoms with E-state index in [1.807, 2.05) is 0 Å². The van der Waals surface area contributed by atoms with Crippen molar-refractivity contribution in [2.24, 2.45) is 0 Å². The molecule has 0 atom stereocenters. The van der Waals surface area contributed by atoms with Gasteiger partial charge in [-0.05, 0) is 0 Å². The van der Waals surface area contributed by atoms with Crippen molar-refractivity contribution in [1.29, 1.82) is 0 Å². The summed E-state index contributed by atoms with van der Waals surface area (Å²) < 4.78 is 10.0. The van der Waals surface area contributed by atoms with E-state index in [9.17, 15) is 0 Å². The molecule has 2 aliphatic heterocycles. The summed E-state index contributed by atoms with van der Waals surface area (Å²) in [5.74, 6) is 0. The molecule has 2 rings (SSSR count). The first kappa shape index (κ1) is 12.8. The fraction of sp³-hybridized carbons (Fsp3) is 1.00. The summed E-state index contributed by atoms with van der Waals surface area (Å²) in [6.45, 7) is 7.67. The molecule has 4 heteroatoms. The van der Waals surface area contributed by atoms with Crippen molar-refractivity contribution in [1.82, 2.24) is 10.6 Å². The van der Waals surface area contributed by atoms with Crippen LogP contribution in [0.3, 0.4) is 0 Å². The number of morpholine rings is 2. The van der Waals surface area contributed by atoms with Crippen LogP contribution in [0.2, 0.25) is 0 Å². The summed E-state index contributed by atoms with van der Waals surface area (Å²) in [4.78, 5) is 0. The Labute approximate surface area is 81.0 Å². The molecule has 0 spiro atoms. The lowest BCUT2D eigenvalue weighted by Crippen LogP contribution is -2.30. The Morgan fingerprint density at radius 3 is 1.00 bits per heavy atom. The average Bonchev–Trinajstić information content (AvgIpc) is 2.24. The molecule has 0 aromatic carbocycles. The molecule has 13 heavy (non-hydrogen) atoms. The molecule has 2 fully saturated rings. The minimum atomic E-state index is 0. The molecule has 2 saturated heterocycles. The van der Waals surface area contributed by atoms with Crippen LogP contribution in [0.4, 0.5) is 0 Å². The zero-order valence-corrected chi connectivity index (χ0v) is 7.47. The van der Waals surface area contributed by atoms with Crippen LogP contribution in [0.1, 0.15) is 7.43 Å². The Kier molecular flexibility index (Phi) is 9.80. The molecule has 2 heterocycles. The summed E-state index contributed by atoms with van der Waals surface area (Å²) in [6.07, 6.45) is 0. The minimum Gasteiger partial charge on any atom is -0.379 e. The Balaban J connectivity index is 0.000000206. The van der Waals surface area contributed by atoms with E-state index < -0.39 is 0 Å². The predicted molar refractivity (Wildman–Crippen MR) is 54.1 cm³/mol. The third-order valence-electron chi connectivity index (χ3n) is 1.69. The smallest absolute Gasteiger partial charge is 0.0591 e. The Morgan fingerprint density at radius 2 is 0.923 bits per heavy atom. The molecule has 0 amide bonds. The molecule has 0 bridgehead atoms. The zero-order valence-electron chi connectivity index (χ0n) is 7.47. The largest absolute Gasteiger partial charge is 0.379 e. The molecule has 0 aliphatic carbocycles. The van der Waals surface area contributed by atoms with Crippen molar-refractivity contribution < 1.29 is 9.47 Å². The number of nitrogens with one attached hydrogen (secondary N) is 2. The molecular formula is C9H22N2O2. The van der Waals surface area contributed by atoms with Gasteiger partial charge in [-0.1, -0.05) is 7.43 Å². The topological polar surface area (TPSA) is 42.5 Å². The van der Waals surface area contributed by atoms with E-state index in [1.165, 1.54) is 0 Å². The van der Waals surface area contributed by atoms with Crippen LogP contribution in [0.5, 0.6) is 0 Å². The van der Waals surface area contributed by atoms with E-state index in [0.29, 0.717) is 0 Å². The second-order valence-electron chi connectivity index (χ2n) is 2.72. The first-order chi connectivity index (χ1) is 6.00. The van der Waals surface area contributed by atoms with Gasteiger partial charge >= 0.3 is 0 Å². The van der Waals surface area contributed by atoms with Crippen LogP contribution >= 0.6 is 0 Å². The summed E-state index contributed by atoms with van der Waals surface area (Å²) in [6, 6.07) is 0. The van der Waals surface area contributed by atoms with E-state index >= 15 is 0 Å². The van der Waals surface area contributed by atoms with Crippen LogP contribution in [0.25, 0.3) is 0 Å². The van der Waals surface area contributed by atoms with Gasteiger partial charge in [0, 0.05) is 26.2 Å². The molecule has 80 valence electrons. The summed E-state index contributed by atoms with van der Waals surface area (Å²) in [7, 11) is 0. The van der Waals surface area contributed by atoms with Crippen LogP contribution in [-0.2, 0) is 9.47 Å². The molecule has 0 aromatic rings. The Hall–Kier alpha value is -0.160. The molecule has 4 nitrogen and oxygen atoms in total. The minimum absolute atomic E-state index is 0. The molecule has 0 saturated carbocycles. The highest BCUT2D eigenvalue weighted by atomic mass is 16.5. The zero-order chi connectivity index (χ0) is 8.49. The van der Waals surface area contributed by atoms with Gasteiger partial charge in [-0.15, -0.1) is 0 Å². The van der Waals surface area contributed by atoms with Gasteiger partial charge < -0.3 is 20.1 Å². The lowest BCUT2D eigenvalue weighted by Gasteiger charge is -2.10. The van der Waals surface area contributed by atoms with Crippen molar-refractivity contribution in [3.8, 4) is 0 Å². The normalized spacial score (nSPS) is 22.2.